The van der Waals surface area contributed by atoms with Gasteiger partial charge in [-0.05, 0) is 38.3 Å². The van der Waals surface area contributed by atoms with Crippen molar-refractivity contribution >= 4 is 28.4 Å². The Morgan fingerprint density at radius 3 is 2.54 bits per heavy atom. The minimum absolute atomic E-state index is 0.0337. The van der Waals surface area contributed by atoms with E-state index in [1.165, 1.54) is 19.9 Å². The van der Waals surface area contributed by atoms with Crippen molar-refractivity contribution < 1.29 is 8.78 Å². The number of halogens is 2. The Balaban J connectivity index is 1.98. The van der Waals surface area contributed by atoms with Crippen LogP contribution in [0.1, 0.15) is 30.5 Å². The van der Waals surface area contributed by atoms with Gasteiger partial charge in [0.25, 0.3) is 5.92 Å². The second-order valence-electron chi connectivity index (χ2n) is 6.88. The summed E-state index contributed by atoms with van der Waals surface area (Å²) in [6.07, 6.45) is 3.80. The summed E-state index contributed by atoms with van der Waals surface area (Å²) in [7, 11) is 0. The zero-order valence-corrected chi connectivity index (χ0v) is 15.6. The molecule has 132 valence electrons. The quantitative estimate of drug-likeness (QED) is 0.544. The van der Waals surface area contributed by atoms with E-state index in [1.54, 1.807) is 36.2 Å². The van der Waals surface area contributed by atoms with Crippen LogP contribution in [0.3, 0.4) is 0 Å². The molecule has 2 aromatic carbocycles. The number of thioether (sulfide) groups is 1. The van der Waals surface area contributed by atoms with Crippen LogP contribution in [0.2, 0.25) is 0 Å². The molecule has 0 atom stereocenters. The Bertz CT molecular complexity index is 1040. The van der Waals surface area contributed by atoms with Gasteiger partial charge in [0.15, 0.2) is 0 Å². The maximum atomic E-state index is 14.9. The van der Waals surface area contributed by atoms with Gasteiger partial charge < -0.3 is 0 Å². The van der Waals surface area contributed by atoms with Gasteiger partial charge in [0.2, 0.25) is 0 Å². The maximum absolute atomic E-state index is 14.9. The van der Waals surface area contributed by atoms with E-state index in [1.807, 2.05) is 30.5 Å². The van der Waals surface area contributed by atoms with Crippen LogP contribution in [-0.4, -0.2) is 22.5 Å². The van der Waals surface area contributed by atoms with Crippen LogP contribution in [0.15, 0.2) is 64.6 Å². The topological polar surface area (TPSA) is 25.2 Å². The second kappa shape index (κ2) is 5.88. The number of aromatic nitrogens is 1. The molecule has 0 aliphatic carbocycles. The van der Waals surface area contributed by atoms with Crippen molar-refractivity contribution in [2.45, 2.75) is 30.2 Å². The Kier molecular flexibility index (Phi) is 3.88. The number of hydrogen-bond donors (Lipinski definition) is 0. The lowest BCUT2D eigenvalue weighted by molar-refractivity contribution is -0.0681. The summed E-state index contributed by atoms with van der Waals surface area (Å²) in [5.41, 5.74) is 1.33. The molecule has 0 spiro atoms. The third-order valence-corrected chi connectivity index (χ3v) is 5.67. The largest absolute Gasteiger partial charge is 0.297 e. The molecular weight excluding hydrogens is 350 g/mol. The summed E-state index contributed by atoms with van der Waals surface area (Å²) in [5, 5.41) is 1.01. The molecular formula is C21H18F2N2S. The normalized spacial score (nSPS) is 17.7. The highest BCUT2D eigenvalue weighted by Gasteiger charge is 2.52. The number of pyridine rings is 1. The highest BCUT2D eigenvalue weighted by atomic mass is 32.2. The Morgan fingerprint density at radius 2 is 1.77 bits per heavy atom. The van der Waals surface area contributed by atoms with Crippen molar-refractivity contribution in [3.05, 3.63) is 71.4 Å². The Morgan fingerprint density at radius 1 is 1.00 bits per heavy atom. The van der Waals surface area contributed by atoms with E-state index in [0.29, 0.717) is 11.3 Å². The van der Waals surface area contributed by atoms with Crippen LogP contribution in [0.5, 0.6) is 0 Å². The number of benzene rings is 2. The Labute approximate surface area is 155 Å². The third kappa shape index (κ3) is 2.45. The van der Waals surface area contributed by atoms with E-state index < -0.39 is 11.5 Å². The molecule has 1 aliphatic heterocycles. The van der Waals surface area contributed by atoms with Crippen molar-refractivity contribution in [2.24, 2.45) is 4.99 Å². The first-order valence-corrected chi connectivity index (χ1v) is 9.58. The summed E-state index contributed by atoms with van der Waals surface area (Å²) in [4.78, 5) is 9.98. The van der Waals surface area contributed by atoms with Crippen LogP contribution in [-0.2, 0) is 5.92 Å². The van der Waals surface area contributed by atoms with Gasteiger partial charge in [-0.2, -0.15) is 8.78 Å². The van der Waals surface area contributed by atoms with Crippen molar-refractivity contribution in [3.63, 3.8) is 0 Å². The van der Waals surface area contributed by atoms with Crippen LogP contribution in [0, 0.1) is 0 Å². The molecule has 1 aliphatic rings. The van der Waals surface area contributed by atoms with E-state index >= 15 is 0 Å². The predicted molar refractivity (Wildman–Crippen MR) is 104 cm³/mol. The van der Waals surface area contributed by atoms with Gasteiger partial charge in [-0.1, -0.05) is 30.3 Å². The van der Waals surface area contributed by atoms with Gasteiger partial charge >= 0.3 is 0 Å². The summed E-state index contributed by atoms with van der Waals surface area (Å²) in [6, 6.07) is 14.5. The van der Waals surface area contributed by atoms with Crippen LogP contribution in [0.25, 0.3) is 10.9 Å². The minimum atomic E-state index is -3.02. The molecule has 1 aromatic heterocycles. The van der Waals surface area contributed by atoms with E-state index in [4.69, 9.17) is 0 Å². The van der Waals surface area contributed by atoms with Gasteiger partial charge in [-0.15, -0.1) is 11.8 Å². The van der Waals surface area contributed by atoms with E-state index in [2.05, 4.69) is 9.98 Å². The fourth-order valence-electron chi connectivity index (χ4n) is 3.37. The maximum Gasteiger partial charge on any atom is 0.297 e. The van der Waals surface area contributed by atoms with Gasteiger partial charge in [-0.3, -0.25) is 9.98 Å². The van der Waals surface area contributed by atoms with Crippen molar-refractivity contribution in [1.29, 1.82) is 0 Å². The molecule has 0 fully saturated rings. The molecule has 0 unspecified atom stereocenters. The van der Waals surface area contributed by atoms with Crippen molar-refractivity contribution in [3.8, 4) is 0 Å². The van der Waals surface area contributed by atoms with E-state index in [-0.39, 0.29) is 5.56 Å². The number of fused-ring (bicyclic) bond motifs is 2. The summed E-state index contributed by atoms with van der Waals surface area (Å²) < 4.78 is 29.8. The molecule has 2 nitrogen and oxygen atoms in total. The summed E-state index contributed by atoms with van der Waals surface area (Å²) >= 11 is 1.64. The highest BCUT2D eigenvalue weighted by molar-refractivity contribution is 7.98. The van der Waals surface area contributed by atoms with Gasteiger partial charge in [-0.25, -0.2) is 0 Å². The van der Waals surface area contributed by atoms with Gasteiger partial charge in [0, 0.05) is 33.2 Å². The standard InChI is InChI=1S/C21H18F2N2S/c1-20(2)21(22,23)16-7-5-4-6-14(16)19(25-20)13-8-9-17-15(12-13)18(26-3)10-11-24-17/h4-12H,1-3H3. The lowest BCUT2D eigenvalue weighted by Crippen LogP contribution is -2.44. The molecule has 5 heteroatoms. The molecule has 0 saturated carbocycles. The van der Waals surface area contributed by atoms with Crippen molar-refractivity contribution in [2.75, 3.05) is 6.26 Å². The molecule has 0 bridgehead atoms. The van der Waals surface area contributed by atoms with Gasteiger partial charge in [0.1, 0.15) is 5.54 Å². The average molecular weight is 368 g/mol. The Hall–Kier alpha value is -2.27. The number of hydrogen-bond acceptors (Lipinski definition) is 3. The SMILES string of the molecule is CSc1ccnc2ccc(C3=NC(C)(C)C(F)(F)c4ccccc43)cc12. The third-order valence-electron chi connectivity index (χ3n) is 4.88. The fraction of sp³-hybridized carbons (Fsp3) is 0.238. The average Bonchev–Trinajstić information content (AvgIpc) is 2.64. The first-order chi connectivity index (χ1) is 12.3. The first kappa shape index (κ1) is 17.2. The molecule has 0 N–H and O–H groups in total. The summed E-state index contributed by atoms with van der Waals surface area (Å²) in [5.74, 6) is -3.02. The molecule has 0 amide bonds. The number of aliphatic imine (C=N–C) groups is 1. The van der Waals surface area contributed by atoms with Gasteiger partial charge in [0.05, 0.1) is 11.2 Å². The molecule has 0 saturated heterocycles. The molecule has 3 aromatic rings. The number of rotatable bonds is 2. The fourth-order valence-corrected chi connectivity index (χ4v) is 3.95. The van der Waals surface area contributed by atoms with E-state index in [9.17, 15) is 8.78 Å². The summed E-state index contributed by atoms with van der Waals surface area (Å²) in [6.45, 7) is 2.97. The van der Waals surface area contributed by atoms with Crippen LogP contribution >= 0.6 is 11.8 Å². The second-order valence-corrected chi connectivity index (χ2v) is 7.73. The van der Waals surface area contributed by atoms with Crippen LogP contribution < -0.4 is 0 Å². The highest BCUT2D eigenvalue weighted by Crippen LogP contribution is 2.46. The lowest BCUT2D eigenvalue weighted by Gasteiger charge is -2.37. The first-order valence-electron chi connectivity index (χ1n) is 8.36. The van der Waals surface area contributed by atoms with Crippen molar-refractivity contribution in [1.82, 2.24) is 4.98 Å². The molecule has 2 heterocycles. The number of alkyl halides is 2. The predicted octanol–water partition coefficient (Wildman–Crippen LogP) is 5.68. The molecule has 4 rings (SSSR count). The smallest absolute Gasteiger partial charge is 0.271 e. The molecule has 0 radical (unpaired) electrons. The zero-order valence-electron chi connectivity index (χ0n) is 14.8. The van der Waals surface area contributed by atoms with E-state index in [0.717, 1.165) is 21.4 Å². The van der Waals surface area contributed by atoms with Crippen LogP contribution in [0.4, 0.5) is 8.78 Å². The monoisotopic (exact) mass is 368 g/mol. The number of nitrogens with zero attached hydrogens (tertiary/aromatic N) is 2. The molecule has 26 heavy (non-hydrogen) atoms. The lowest BCUT2D eigenvalue weighted by atomic mass is 9.81. The minimum Gasteiger partial charge on any atom is -0.271 e. The zero-order chi connectivity index (χ0) is 18.5.